The van der Waals surface area contributed by atoms with Gasteiger partial charge in [0.15, 0.2) is 0 Å². The van der Waals surface area contributed by atoms with Crippen LogP contribution in [0.1, 0.15) is 37.3 Å². The highest BCUT2D eigenvalue weighted by atomic mass is 19.1. The summed E-state index contributed by atoms with van der Waals surface area (Å²) in [6.45, 7) is 1.67. The van der Waals surface area contributed by atoms with Crippen molar-refractivity contribution < 1.29 is 18.7 Å². The molecule has 0 spiro atoms. The number of nitrogens with two attached hydrogens (primary N) is 1. The number of hydrogen-bond donors (Lipinski definition) is 2. The summed E-state index contributed by atoms with van der Waals surface area (Å²) in [4.78, 5) is 25.6. The molecule has 3 N–H and O–H groups in total. The van der Waals surface area contributed by atoms with Gasteiger partial charge < -0.3 is 20.7 Å². The summed E-state index contributed by atoms with van der Waals surface area (Å²) in [5, 5.41) is 3.03. The Kier molecular flexibility index (Phi) is 5.53. The highest BCUT2D eigenvalue weighted by Gasteiger charge is 2.32. The molecule has 0 aromatic heterocycles. The van der Waals surface area contributed by atoms with Crippen molar-refractivity contribution in [1.82, 2.24) is 10.2 Å². The first kappa shape index (κ1) is 17.7. The number of nitrogens with one attached hydrogen (secondary N) is 1. The molecule has 2 saturated heterocycles. The van der Waals surface area contributed by atoms with Crippen LogP contribution in [-0.4, -0.2) is 42.6 Å². The minimum atomic E-state index is -0.315. The first-order valence-corrected chi connectivity index (χ1v) is 8.76. The van der Waals surface area contributed by atoms with E-state index in [1.165, 1.54) is 12.1 Å². The number of amides is 3. The maximum atomic E-state index is 13.2. The Balaban J connectivity index is 1.66. The SMILES string of the molecule is NC(=O)C1CCN(C(=O)N[C@@H](c2ccc(F)cc2)[C@@H]2CCCO2)CC1. The van der Waals surface area contributed by atoms with E-state index in [1.54, 1.807) is 17.0 Å². The van der Waals surface area contributed by atoms with Gasteiger partial charge in [-0.05, 0) is 43.4 Å². The quantitative estimate of drug-likeness (QED) is 0.871. The number of benzene rings is 1. The topological polar surface area (TPSA) is 84.7 Å². The van der Waals surface area contributed by atoms with Gasteiger partial charge in [-0.25, -0.2) is 9.18 Å². The van der Waals surface area contributed by atoms with Crippen molar-refractivity contribution >= 4 is 11.9 Å². The highest BCUT2D eigenvalue weighted by molar-refractivity contribution is 5.78. The predicted molar refractivity (Wildman–Crippen MR) is 90.1 cm³/mol. The van der Waals surface area contributed by atoms with Crippen molar-refractivity contribution in [2.24, 2.45) is 11.7 Å². The fraction of sp³-hybridized carbons (Fsp3) is 0.556. The molecule has 0 bridgehead atoms. The first-order chi connectivity index (χ1) is 12.0. The number of likely N-dealkylation sites (tertiary alicyclic amines) is 1. The normalized spacial score (nSPS) is 22.6. The molecule has 0 unspecified atom stereocenters. The summed E-state index contributed by atoms with van der Waals surface area (Å²) < 4.78 is 19.0. The molecule has 7 heteroatoms. The van der Waals surface area contributed by atoms with Crippen molar-refractivity contribution in [2.45, 2.75) is 37.8 Å². The Morgan fingerprint density at radius 2 is 1.88 bits per heavy atom. The number of ether oxygens (including phenoxy) is 1. The van der Waals surface area contributed by atoms with E-state index < -0.39 is 0 Å². The van der Waals surface area contributed by atoms with E-state index in [0.29, 0.717) is 32.5 Å². The molecular formula is C18H24FN3O3. The van der Waals surface area contributed by atoms with Crippen LogP contribution in [0.15, 0.2) is 24.3 Å². The Hall–Kier alpha value is -2.15. The van der Waals surface area contributed by atoms with Gasteiger partial charge in [-0.2, -0.15) is 0 Å². The molecule has 2 aliphatic rings. The van der Waals surface area contributed by atoms with Crippen LogP contribution < -0.4 is 11.1 Å². The molecule has 0 saturated carbocycles. The molecule has 1 aromatic carbocycles. The second-order valence-corrected chi connectivity index (χ2v) is 6.69. The molecule has 0 radical (unpaired) electrons. The summed E-state index contributed by atoms with van der Waals surface area (Å²) in [7, 11) is 0. The molecule has 3 rings (SSSR count). The lowest BCUT2D eigenvalue weighted by Gasteiger charge is -2.33. The third-order valence-corrected chi connectivity index (χ3v) is 5.03. The molecule has 2 heterocycles. The van der Waals surface area contributed by atoms with Crippen LogP contribution in [0.3, 0.4) is 0 Å². The van der Waals surface area contributed by atoms with Crippen LogP contribution >= 0.6 is 0 Å². The third kappa shape index (κ3) is 4.28. The van der Waals surface area contributed by atoms with Gasteiger partial charge in [0.05, 0.1) is 12.1 Å². The van der Waals surface area contributed by atoms with Gasteiger partial charge in [-0.3, -0.25) is 4.79 Å². The van der Waals surface area contributed by atoms with Gasteiger partial charge in [0.1, 0.15) is 5.82 Å². The third-order valence-electron chi connectivity index (χ3n) is 5.03. The second-order valence-electron chi connectivity index (χ2n) is 6.69. The van der Waals surface area contributed by atoms with Gasteiger partial charge >= 0.3 is 6.03 Å². The number of carbonyl (C=O) groups excluding carboxylic acids is 2. The summed E-state index contributed by atoms with van der Waals surface area (Å²) in [5.74, 6) is -0.770. The standard InChI is InChI=1S/C18H24FN3O3/c19-14-5-3-12(4-6-14)16(15-2-1-11-25-15)21-18(24)22-9-7-13(8-10-22)17(20)23/h3-6,13,15-16H,1-2,7-11H2,(H2,20,23)(H,21,24)/t15-,16-/m0/s1. The molecular weight excluding hydrogens is 325 g/mol. The van der Waals surface area contributed by atoms with Crippen LogP contribution in [0.5, 0.6) is 0 Å². The zero-order chi connectivity index (χ0) is 17.8. The van der Waals surface area contributed by atoms with Crippen molar-refractivity contribution in [1.29, 1.82) is 0 Å². The van der Waals surface area contributed by atoms with E-state index in [2.05, 4.69) is 5.32 Å². The molecule has 3 amide bonds. The summed E-state index contributed by atoms with van der Waals surface area (Å²) in [6.07, 6.45) is 2.86. The molecule has 2 atom stereocenters. The number of urea groups is 1. The molecule has 0 aliphatic carbocycles. The average molecular weight is 349 g/mol. The number of nitrogens with zero attached hydrogens (tertiary/aromatic N) is 1. The zero-order valence-electron chi connectivity index (χ0n) is 14.1. The summed E-state index contributed by atoms with van der Waals surface area (Å²) in [5.41, 5.74) is 6.16. The fourth-order valence-electron chi connectivity index (χ4n) is 3.52. The summed E-state index contributed by atoms with van der Waals surface area (Å²) >= 11 is 0. The van der Waals surface area contributed by atoms with Gasteiger partial charge in [0.2, 0.25) is 5.91 Å². The van der Waals surface area contributed by atoms with Crippen molar-refractivity contribution in [3.63, 3.8) is 0 Å². The first-order valence-electron chi connectivity index (χ1n) is 8.76. The van der Waals surface area contributed by atoms with E-state index >= 15 is 0 Å². The van der Waals surface area contributed by atoms with E-state index in [1.807, 2.05) is 0 Å². The van der Waals surface area contributed by atoms with Gasteiger partial charge in [0.25, 0.3) is 0 Å². The largest absolute Gasteiger partial charge is 0.376 e. The van der Waals surface area contributed by atoms with Crippen LogP contribution in [0.2, 0.25) is 0 Å². The zero-order valence-corrected chi connectivity index (χ0v) is 14.1. The lowest BCUT2D eigenvalue weighted by atomic mass is 9.96. The Bertz CT molecular complexity index is 608. The van der Waals surface area contributed by atoms with E-state index in [-0.39, 0.29) is 35.8 Å². The van der Waals surface area contributed by atoms with Crippen LogP contribution in [0.25, 0.3) is 0 Å². The minimum Gasteiger partial charge on any atom is -0.376 e. The summed E-state index contributed by atoms with van der Waals surface area (Å²) in [6, 6.07) is 5.64. The Morgan fingerprint density at radius 3 is 2.44 bits per heavy atom. The number of carbonyl (C=O) groups is 2. The van der Waals surface area contributed by atoms with Crippen LogP contribution in [-0.2, 0) is 9.53 Å². The van der Waals surface area contributed by atoms with Gasteiger partial charge in [-0.15, -0.1) is 0 Å². The second kappa shape index (κ2) is 7.82. The smallest absolute Gasteiger partial charge is 0.317 e. The van der Waals surface area contributed by atoms with E-state index in [0.717, 1.165) is 18.4 Å². The van der Waals surface area contributed by atoms with Gasteiger partial charge in [0, 0.05) is 25.6 Å². The minimum absolute atomic E-state index is 0.113. The van der Waals surface area contributed by atoms with Gasteiger partial charge in [-0.1, -0.05) is 12.1 Å². The number of rotatable bonds is 4. The lowest BCUT2D eigenvalue weighted by molar-refractivity contribution is -0.123. The Labute approximate surface area is 146 Å². The number of halogens is 1. The molecule has 6 nitrogen and oxygen atoms in total. The van der Waals surface area contributed by atoms with Crippen molar-refractivity contribution in [3.8, 4) is 0 Å². The monoisotopic (exact) mass is 349 g/mol. The van der Waals surface area contributed by atoms with Crippen molar-refractivity contribution in [2.75, 3.05) is 19.7 Å². The van der Waals surface area contributed by atoms with E-state index in [9.17, 15) is 14.0 Å². The highest BCUT2D eigenvalue weighted by Crippen LogP contribution is 2.28. The molecule has 136 valence electrons. The maximum Gasteiger partial charge on any atom is 0.317 e. The predicted octanol–water partition coefficient (Wildman–Crippen LogP) is 1.95. The maximum absolute atomic E-state index is 13.2. The van der Waals surface area contributed by atoms with Crippen molar-refractivity contribution in [3.05, 3.63) is 35.6 Å². The number of primary amides is 1. The molecule has 2 fully saturated rings. The fourth-order valence-corrected chi connectivity index (χ4v) is 3.52. The Morgan fingerprint density at radius 1 is 1.20 bits per heavy atom. The molecule has 25 heavy (non-hydrogen) atoms. The molecule has 1 aromatic rings. The lowest BCUT2D eigenvalue weighted by Crippen LogP contribution is -2.48. The van der Waals surface area contributed by atoms with E-state index in [4.69, 9.17) is 10.5 Å². The molecule has 2 aliphatic heterocycles. The number of hydrogen-bond acceptors (Lipinski definition) is 3. The average Bonchev–Trinajstić information content (AvgIpc) is 3.15. The number of piperidine rings is 1. The van der Waals surface area contributed by atoms with Crippen LogP contribution in [0, 0.1) is 11.7 Å². The van der Waals surface area contributed by atoms with Crippen LogP contribution in [0.4, 0.5) is 9.18 Å².